The highest BCUT2D eigenvalue weighted by Gasteiger charge is 2.44. The molecular weight excluding hydrogens is 604 g/mol. The van der Waals surface area contributed by atoms with Crippen LogP contribution >= 0.6 is 0 Å². The second-order valence-corrected chi connectivity index (χ2v) is 16.4. The molecule has 3 aromatic rings. The first kappa shape index (κ1) is 38.9. The lowest BCUT2D eigenvalue weighted by atomic mass is 9.81. The number of nitrogens with two attached hydrogens (primary N) is 1. The normalized spacial score (nSPS) is 13.4. The van der Waals surface area contributed by atoms with Crippen LogP contribution in [0.5, 0.6) is 0 Å². The number of hydrogen-bond acceptors (Lipinski definition) is 6. The van der Waals surface area contributed by atoms with Gasteiger partial charge >= 0.3 is 0 Å². The van der Waals surface area contributed by atoms with E-state index in [-0.39, 0.29) is 5.91 Å². The second-order valence-electron chi connectivity index (χ2n) is 16.4. The zero-order valence-electron chi connectivity index (χ0n) is 31.4. The van der Waals surface area contributed by atoms with Gasteiger partial charge in [-0.05, 0) is 143 Å². The molecule has 0 spiro atoms. The summed E-state index contributed by atoms with van der Waals surface area (Å²) in [5.41, 5.74) is 6.08. The first-order valence-electron chi connectivity index (χ1n) is 16.5. The fraction of sp³-hybridized carbons (Fsp3) is 0.500. The van der Waals surface area contributed by atoms with Crippen LogP contribution in [0.3, 0.4) is 0 Å². The van der Waals surface area contributed by atoms with Crippen LogP contribution < -0.4 is 5.73 Å². The molecule has 0 aliphatic carbocycles. The van der Waals surface area contributed by atoms with Crippen molar-refractivity contribution in [3.63, 3.8) is 0 Å². The zero-order chi connectivity index (χ0) is 36.5. The van der Waals surface area contributed by atoms with E-state index >= 15 is 0 Å². The predicted molar refractivity (Wildman–Crippen MR) is 190 cm³/mol. The fourth-order valence-corrected chi connectivity index (χ4v) is 5.48. The molecule has 2 amide bonds. The highest BCUT2D eigenvalue weighted by Crippen LogP contribution is 2.42. The van der Waals surface area contributed by atoms with Crippen LogP contribution in [0.25, 0.3) is 0 Å². The third-order valence-electron chi connectivity index (χ3n) is 8.31. The number of rotatable bonds is 12. The van der Waals surface area contributed by atoms with Gasteiger partial charge in [0.25, 0.3) is 5.91 Å². The Bertz CT molecular complexity index is 1470. The van der Waals surface area contributed by atoms with Gasteiger partial charge in [-0.1, -0.05) is 48.5 Å². The Morgan fingerprint density at radius 3 is 1.04 bits per heavy atom. The average molecular weight is 661 g/mol. The first-order valence-corrected chi connectivity index (χ1v) is 16.5. The molecule has 0 aliphatic heterocycles. The maximum absolute atomic E-state index is 14.6. The molecule has 2 N–H and O–H groups in total. The minimum absolute atomic E-state index is 0.196. The van der Waals surface area contributed by atoms with Crippen LogP contribution in [0.1, 0.15) is 140 Å². The van der Waals surface area contributed by atoms with Crippen molar-refractivity contribution in [1.82, 2.24) is 4.90 Å². The third-order valence-corrected chi connectivity index (χ3v) is 8.31. The van der Waals surface area contributed by atoms with Gasteiger partial charge in [0, 0.05) is 11.1 Å². The van der Waals surface area contributed by atoms with Gasteiger partial charge < -0.3 is 10.6 Å². The SMILES string of the molecule is CC(C)(C)OOC(C)(C)c1ccc(C(C)(C)N(C(=O)c2ccc(C(N)=O)cc2)C(C)(C)c2ccc(C(C)(C)OOC(C)(C)C)cc2)cc1. The molecule has 262 valence electrons. The van der Waals surface area contributed by atoms with Gasteiger partial charge in [0.2, 0.25) is 5.91 Å². The summed E-state index contributed by atoms with van der Waals surface area (Å²) in [5, 5.41) is 0. The van der Waals surface area contributed by atoms with Gasteiger partial charge in [-0.3, -0.25) is 9.59 Å². The Morgan fingerprint density at radius 2 is 0.750 bits per heavy atom. The number of carbonyl (C=O) groups excluding carboxylic acids is 2. The van der Waals surface area contributed by atoms with E-state index in [4.69, 9.17) is 25.3 Å². The summed E-state index contributed by atoms with van der Waals surface area (Å²) < 4.78 is 0. The molecule has 0 atom stereocenters. The summed E-state index contributed by atoms with van der Waals surface area (Å²) in [6, 6.07) is 22.6. The van der Waals surface area contributed by atoms with Gasteiger partial charge in [-0.25, -0.2) is 19.6 Å². The minimum atomic E-state index is -0.796. The van der Waals surface area contributed by atoms with E-state index in [1.54, 1.807) is 24.3 Å². The van der Waals surface area contributed by atoms with E-state index in [2.05, 4.69) is 0 Å². The van der Waals surface area contributed by atoms with Crippen molar-refractivity contribution >= 4 is 11.8 Å². The quantitative estimate of drug-likeness (QED) is 0.154. The van der Waals surface area contributed by atoms with Crippen LogP contribution in [0.2, 0.25) is 0 Å². The Kier molecular flexibility index (Phi) is 11.1. The lowest BCUT2D eigenvalue weighted by Crippen LogP contribution is -2.55. The fourth-order valence-electron chi connectivity index (χ4n) is 5.48. The predicted octanol–water partition coefficient (Wildman–Crippen LogP) is 9.06. The number of primary amides is 1. The highest BCUT2D eigenvalue weighted by molar-refractivity contribution is 5.98. The molecule has 48 heavy (non-hydrogen) atoms. The van der Waals surface area contributed by atoms with Crippen LogP contribution in [-0.2, 0) is 41.8 Å². The maximum atomic E-state index is 14.6. The molecule has 3 aromatic carbocycles. The summed E-state index contributed by atoms with van der Waals surface area (Å²) >= 11 is 0. The number of carbonyl (C=O) groups is 2. The smallest absolute Gasteiger partial charge is 0.255 e. The average Bonchev–Trinajstić information content (AvgIpc) is 2.98. The van der Waals surface area contributed by atoms with Gasteiger partial charge in [0.05, 0.1) is 22.3 Å². The summed E-state index contributed by atoms with van der Waals surface area (Å²) in [5.74, 6) is -0.745. The molecule has 0 bridgehead atoms. The van der Waals surface area contributed by atoms with Gasteiger partial charge in [-0.15, -0.1) is 0 Å². The summed E-state index contributed by atoms with van der Waals surface area (Å²) in [6.45, 7) is 27.6. The first-order chi connectivity index (χ1) is 21.8. The molecule has 0 aromatic heterocycles. The molecule has 0 aliphatic rings. The molecule has 0 unspecified atom stereocenters. The van der Waals surface area contributed by atoms with Crippen molar-refractivity contribution in [1.29, 1.82) is 0 Å². The van der Waals surface area contributed by atoms with Gasteiger partial charge in [0.15, 0.2) is 0 Å². The number of hydrogen-bond donors (Lipinski definition) is 1. The molecule has 0 fully saturated rings. The molecule has 0 saturated carbocycles. The topological polar surface area (TPSA) is 100 Å². The van der Waals surface area contributed by atoms with E-state index in [1.807, 2.05) is 150 Å². The van der Waals surface area contributed by atoms with Crippen LogP contribution in [-0.4, -0.2) is 27.9 Å². The molecule has 0 saturated heterocycles. The monoisotopic (exact) mass is 660 g/mol. The zero-order valence-corrected chi connectivity index (χ0v) is 31.4. The number of benzene rings is 3. The van der Waals surface area contributed by atoms with Crippen molar-refractivity contribution in [2.24, 2.45) is 5.73 Å². The molecule has 8 nitrogen and oxygen atoms in total. The van der Waals surface area contributed by atoms with E-state index in [9.17, 15) is 9.59 Å². The van der Waals surface area contributed by atoms with E-state index in [1.165, 1.54) is 0 Å². The number of amides is 2. The number of nitrogens with zero attached hydrogens (tertiary/aromatic N) is 1. The van der Waals surface area contributed by atoms with E-state index < -0.39 is 39.4 Å². The molecule has 0 heterocycles. The van der Waals surface area contributed by atoms with Crippen molar-refractivity contribution in [2.45, 2.75) is 130 Å². The molecular formula is C40H56N2O6. The summed E-state index contributed by atoms with van der Waals surface area (Å²) in [4.78, 5) is 51.3. The van der Waals surface area contributed by atoms with Crippen LogP contribution in [0.15, 0.2) is 72.8 Å². The maximum Gasteiger partial charge on any atom is 0.255 e. The van der Waals surface area contributed by atoms with Gasteiger partial charge in [-0.2, -0.15) is 0 Å². The van der Waals surface area contributed by atoms with E-state index in [0.29, 0.717) is 11.1 Å². The summed E-state index contributed by atoms with van der Waals surface area (Å²) in [6.07, 6.45) is 0. The van der Waals surface area contributed by atoms with Crippen molar-refractivity contribution < 1.29 is 29.1 Å². The lowest BCUT2D eigenvalue weighted by Gasteiger charge is -2.49. The van der Waals surface area contributed by atoms with Crippen molar-refractivity contribution in [2.75, 3.05) is 0 Å². The lowest BCUT2D eigenvalue weighted by molar-refractivity contribution is -0.401. The highest BCUT2D eigenvalue weighted by atomic mass is 17.2. The van der Waals surface area contributed by atoms with Gasteiger partial charge in [0.1, 0.15) is 11.2 Å². The standard InChI is InChI=1S/C40H56N2O6/c1-35(2,3)45-47-39(11,12)31-23-19-29(20-24-31)37(7,8)42(34(44)28-17-15-27(16-18-28)33(41)43)38(9,10)30-21-25-32(26-22-30)40(13,14)48-46-36(4,5)6/h15-26H,1-14H3,(H2,41,43). The van der Waals surface area contributed by atoms with Crippen LogP contribution in [0.4, 0.5) is 0 Å². The van der Waals surface area contributed by atoms with Crippen LogP contribution in [0, 0.1) is 0 Å². The minimum Gasteiger partial charge on any atom is -0.366 e. The Morgan fingerprint density at radius 1 is 0.458 bits per heavy atom. The molecule has 0 radical (unpaired) electrons. The summed E-state index contributed by atoms with van der Waals surface area (Å²) in [7, 11) is 0. The molecule has 8 heteroatoms. The van der Waals surface area contributed by atoms with Crippen molar-refractivity contribution in [3.05, 3.63) is 106 Å². The Hall–Kier alpha value is -3.56. The third kappa shape index (κ3) is 9.32. The largest absolute Gasteiger partial charge is 0.366 e. The van der Waals surface area contributed by atoms with E-state index in [0.717, 1.165) is 22.3 Å². The van der Waals surface area contributed by atoms with Crippen molar-refractivity contribution in [3.8, 4) is 0 Å². The molecule has 3 rings (SSSR count). The second kappa shape index (κ2) is 13.7. The Labute approximate surface area is 287 Å². The Balaban J connectivity index is 2.08.